The van der Waals surface area contributed by atoms with Crippen LogP contribution in [0.3, 0.4) is 0 Å². The van der Waals surface area contributed by atoms with E-state index >= 15 is 0 Å². The highest BCUT2D eigenvalue weighted by Gasteiger charge is 2.17. The molecule has 2 aromatic rings. The molecule has 1 aliphatic rings. The predicted molar refractivity (Wildman–Crippen MR) is 80.9 cm³/mol. The van der Waals surface area contributed by atoms with Gasteiger partial charge in [0.05, 0.1) is 0 Å². The molecule has 1 aliphatic carbocycles. The van der Waals surface area contributed by atoms with E-state index in [1.807, 2.05) is 30.3 Å². The number of nitrogens with two attached hydrogens (primary N) is 1. The minimum Gasteiger partial charge on any atom is -0.367 e. The number of aromatic nitrogens is 2. The zero-order chi connectivity index (χ0) is 13.8. The second kappa shape index (κ2) is 5.88. The summed E-state index contributed by atoms with van der Waals surface area (Å²) in [6.45, 7) is 0.535. The molecule has 3 rings (SSSR count). The third-order valence-electron chi connectivity index (χ3n) is 3.56. The predicted octanol–water partition coefficient (Wildman–Crippen LogP) is 2.64. The van der Waals surface area contributed by atoms with Crippen LogP contribution in [0, 0.1) is 0 Å². The number of rotatable bonds is 5. The molecule has 0 amide bonds. The molecule has 1 aromatic heterocycles. The normalized spacial score (nSPS) is 14.7. The largest absolute Gasteiger partial charge is 0.367 e. The Morgan fingerprint density at radius 3 is 2.75 bits per heavy atom. The summed E-state index contributed by atoms with van der Waals surface area (Å²) in [5, 5.41) is 6.70. The maximum atomic E-state index is 5.65. The molecule has 0 unspecified atom stereocenters. The van der Waals surface area contributed by atoms with Crippen LogP contribution >= 0.6 is 0 Å². The van der Waals surface area contributed by atoms with E-state index in [0.29, 0.717) is 12.6 Å². The molecule has 1 aromatic carbocycles. The molecule has 5 nitrogen and oxygen atoms in total. The average Bonchev–Trinajstić information content (AvgIpc) is 2.44. The number of nitrogens with one attached hydrogen (secondary N) is 2. The molecule has 0 saturated heterocycles. The Morgan fingerprint density at radius 1 is 1.15 bits per heavy atom. The lowest BCUT2D eigenvalue weighted by molar-refractivity contribution is 0.444. The monoisotopic (exact) mass is 269 g/mol. The number of hydrogen-bond donors (Lipinski definition) is 3. The minimum absolute atomic E-state index is 0.535. The van der Waals surface area contributed by atoms with Gasteiger partial charge in [0.15, 0.2) is 0 Å². The maximum Gasteiger partial charge on any atom is 0.135 e. The Hall–Kier alpha value is -2.14. The van der Waals surface area contributed by atoms with Crippen molar-refractivity contribution < 1.29 is 0 Å². The summed E-state index contributed by atoms with van der Waals surface area (Å²) in [6.07, 6.45) is 5.34. The van der Waals surface area contributed by atoms with E-state index < -0.39 is 0 Å². The fourth-order valence-corrected chi connectivity index (χ4v) is 2.19. The third kappa shape index (κ3) is 3.05. The molecule has 1 fully saturated rings. The van der Waals surface area contributed by atoms with E-state index in [-0.39, 0.29) is 0 Å². The van der Waals surface area contributed by atoms with Crippen molar-refractivity contribution in [2.75, 3.05) is 10.6 Å². The van der Waals surface area contributed by atoms with Crippen LogP contribution in [0.2, 0.25) is 0 Å². The van der Waals surface area contributed by atoms with Gasteiger partial charge in [-0.1, -0.05) is 12.1 Å². The van der Waals surface area contributed by atoms with Crippen LogP contribution in [-0.4, -0.2) is 16.0 Å². The Bertz CT molecular complexity index is 580. The minimum atomic E-state index is 0.535. The fourth-order valence-electron chi connectivity index (χ4n) is 2.19. The zero-order valence-corrected chi connectivity index (χ0v) is 11.3. The second-order valence-corrected chi connectivity index (χ2v) is 5.09. The standard InChI is InChI=1S/C15H19N5/c16-9-11-3-1-6-13(7-11)20-15-8-14(17-10-18-15)19-12-4-2-5-12/h1,3,6-8,10,12H,2,4-5,9,16H2,(H2,17,18,19,20). The summed E-state index contributed by atoms with van der Waals surface area (Å²) in [5.74, 6) is 1.66. The second-order valence-electron chi connectivity index (χ2n) is 5.09. The zero-order valence-electron chi connectivity index (χ0n) is 11.3. The van der Waals surface area contributed by atoms with Crippen molar-refractivity contribution in [3.05, 3.63) is 42.2 Å². The Balaban J connectivity index is 1.71. The molecular formula is C15H19N5. The van der Waals surface area contributed by atoms with Gasteiger partial charge in [-0.05, 0) is 37.0 Å². The lowest BCUT2D eigenvalue weighted by atomic mass is 9.93. The third-order valence-corrected chi connectivity index (χ3v) is 3.56. The highest BCUT2D eigenvalue weighted by atomic mass is 15.1. The first-order valence-corrected chi connectivity index (χ1v) is 6.98. The van der Waals surface area contributed by atoms with Gasteiger partial charge in [-0.3, -0.25) is 0 Å². The molecule has 104 valence electrons. The van der Waals surface area contributed by atoms with Crippen LogP contribution in [0.4, 0.5) is 17.3 Å². The van der Waals surface area contributed by atoms with Gasteiger partial charge in [-0.25, -0.2) is 9.97 Å². The van der Waals surface area contributed by atoms with E-state index in [9.17, 15) is 0 Å². The van der Waals surface area contributed by atoms with Gasteiger partial charge in [0.2, 0.25) is 0 Å². The number of benzene rings is 1. The van der Waals surface area contributed by atoms with Gasteiger partial charge >= 0.3 is 0 Å². The molecule has 0 radical (unpaired) electrons. The molecule has 0 spiro atoms. The topological polar surface area (TPSA) is 75.9 Å². The van der Waals surface area contributed by atoms with Crippen LogP contribution in [0.15, 0.2) is 36.7 Å². The van der Waals surface area contributed by atoms with Crippen LogP contribution in [0.25, 0.3) is 0 Å². The van der Waals surface area contributed by atoms with Gasteiger partial charge in [0, 0.05) is 24.3 Å². The number of hydrogen-bond acceptors (Lipinski definition) is 5. The molecule has 0 atom stereocenters. The molecule has 0 bridgehead atoms. The van der Waals surface area contributed by atoms with E-state index in [2.05, 4.69) is 20.6 Å². The van der Waals surface area contributed by atoms with Crippen molar-refractivity contribution in [3.63, 3.8) is 0 Å². The summed E-state index contributed by atoms with van der Waals surface area (Å²) in [6, 6.07) is 10.5. The van der Waals surface area contributed by atoms with E-state index in [1.54, 1.807) is 6.33 Å². The van der Waals surface area contributed by atoms with Crippen LogP contribution in [-0.2, 0) is 6.54 Å². The average molecular weight is 269 g/mol. The van der Waals surface area contributed by atoms with Crippen LogP contribution in [0.5, 0.6) is 0 Å². The molecule has 1 heterocycles. The van der Waals surface area contributed by atoms with Gasteiger partial charge in [-0.2, -0.15) is 0 Å². The fraction of sp³-hybridized carbons (Fsp3) is 0.333. The summed E-state index contributed by atoms with van der Waals surface area (Å²) in [7, 11) is 0. The molecule has 20 heavy (non-hydrogen) atoms. The van der Waals surface area contributed by atoms with Crippen molar-refractivity contribution in [2.24, 2.45) is 5.73 Å². The summed E-state index contributed by atoms with van der Waals surface area (Å²) >= 11 is 0. The highest BCUT2D eigenvalue weighted by Crippen LogP contribution is 2.23. The Kier molecular flexibility index (Phi) is 3.78. The van der Waals surface area contributed by atoms with E-state index in [1.165, 1.54) is 19.3 Å². The molecule has 0 aliphatic heterocycles. The smallest absolute Gasteiger partial charge is 0.135 e. The molecule has 1 saturated carbocycles. The van der Waals surface area contributed by atoms with Gasteiger partial charge < -0.3 is 16.4 Å². The van der Waals surface area contributed by atoms with Crippen molar-refractivity contribution in [1.82, 2.24) is 9.97 Å². The first kappa shape index (κ1) is 12.9. The number of nitrogens with zero attached hydrogens (tertiary/aromatic N) is 2. The van der Waals surface area contributed by atoms with Crippen molar-refractivity contribution in [3.8, 4) is 0 Å². The summed E-state index contributed by atoms with van der Waals surface area (Å²) < 4.78 is 0. The first-order valence-electron chi connectivity index (χ1n) is 6.98. The van der Waals surface area contributed by atoms with Gasteiger partial charge in [0.1, 0.15) is 18.0 Å². The van der Waals surface area contributed by atoms with Crippen LogP contribution in [0.1, 0.15) is 24.8 Å². The van der Waals surface area contributed by atoms with Crippen molar-refractivity contribution >= 4 is 17.3 Å². The van der Waals surface area contributed by atoms with E-state index in [4.69, 9.17) is 5.73 Å². The van der Waals surface area contributed by atoms with Crippen molar-refractivity contribution in [1.29, 1.82) is 0 Å². The van der Waals surface area contributed by atoms with Crippen molar-refractivity contribution in [2.45, 2.75) is 31.8 Å². The van der Waals surface area contributed by atoms with E-state index in [0.717, 1.165) is 22.9 Å². The highest BCUT2D eigenvalue weighted by molar-refractivity contribution is 5.59. The van der Waals surface area contributed by atoms with Gasteiger partial charge in [0.25, 0.3) is 0 Å². The summed E-state index contributed by atoms with van der Waals surface area (Å²) in [5.41, 5.74) is 7.73. The summed E-state index contributed by atoms with van der Waals surface area (Å²) in [4.78, 5) is 8.50. The molecule has 5 heteroatoms. The maximum absolute atomic E-state index is 5.65. The molecule has 4 N–H and O–H groups in total. The lowest BCUT2D eigenvalue weighted by Gasteiger charge is -2.26. The van der Waals surface area contributed by atoms with Gasteiger partial charge in [-0.15, -0.1) is 0 Å². The lowest BCUT2D eigenvalue weighted by Crippen LogP contribution is -2.27. The Labute approximate surface area is 118 Å². The number of anilines is 3. The quantitative estimate of drug-likeness (QED) is 0.778. The molecular weight excluding hydrogens is 250 g/mol. The SMILES string of the molecule is NCc1cccc(Nc2cc(NC3CCC3)ncn2)c1. The van der Waals surface area contributed by atoms with Crippen LogP contribution < -0.4 is 16.4 Å². The Morgan fingerprint density at radius 2 is 2.00 bits per heavy atom. The first-order chi connectivity index (χ1) is 9.83.